The Hall–Kier alpha value is -2.28. The lowest BCUT2D eigenvalue weighted by molar-refractivity contribution is 0.120. The van der Waals surface area contributed by atoms with E-state index in [-0.39, 0.29) is 18.1 Å². The molecule has 136 valence electrons. The molecule has 0 unspecified atom stereocenters. The van der Waals surface area contributed by atoms with Crippen molar-refractivity contribution in [3.8, 4) is 0 Å². The molecule has 3 heterocycles. The zero-order chi connectivity index (χ0) is 17.6. The van der Waals surface area contributed by atoms with Crippen molar-refractivity contribution in [1.82, 2.24) is 24.9 Å². The van der Waals surface area contributed by atoms with Gasteiger partial charge in [-0.3, -0.25) is 4.68 Å². The third kappa shape index (κ3) is 4.85. The number of piperidine rings is 1. The number of rotatable bonds is 6. The number of aromatic nitrogens is 2. The Labute approximate surface area is 148 Å². The molecule has 2 amide bonds. The molecule has 1 fully saturated rings. The molecule has 1 aliphatic rings. The third-order valence-electron chi connectivity index (χ3n) is 4.69. The smallest absolute Gasteiger partial charge is 0.318 e. The standard InChI is InChI=1S/C18H27N5O2/c1-15(13-22-9-4-8-19-22)20-18(24)23(14-17-5-3-12-25-17)16-6-10-21(2)11-7-16/h3-5,8-9,12,15-16H,6-7,10-11,13-14H2,1-2H3,(H,20,24)/t15-/m1/s1. The molecule has 3 rings (SSSR count). The largest absolute Gasteiger partial charge is 0.467 e. The van der Waals surface area contributed by atoms with Gasteiger partial charge in [-0.2, -0.15) is 5.10 Å². The van der Waals surface area contributed by atoms with Gasteiger partial charge in [0.25, 0.3) is 0 Å². The van der Waals surface area contributed by atoms with Crippen LogP contribution in [0.3, 0.4) is 0 Å². The molecule has 0 aromatic carbocycles. The van der Waals surface area contributed by atoms with Gasteiger partial charge in [-0.15, -0.1) is 0 Å². The number of hydrogen-bond acceptors (Lipinski definition) is 4. The Kier molecular flexibility index (Phi) is 5.75. The van der Waals surface area contributed by atoms with Crippen LogP contribution >= 0.6 is 0 Å². The quantitative estimate of drug-likeness (QED) is 0.871. The van der Waals surface area contributed by atoms with Crippen molar-refractivity contribution in [2.45, 2.75) is 44.9 Å². The molecule has 0 radical (unpaired) electrons. The van der Waals surface area contributed by atoms with Crippen LogP contribution in [0.2, 0.25) is 0 Å². The van der Waals surface area contributed by atoms with Gasteiger partial charge < -0.3 is 19.5 Å². The first-order chi connectivity index (χ1) is 12.1. The topological polar surface area (TPSA) is 66.5 Å². The predicted octanol–water partition coefficient (Wildman–Crippen LogP) is 2.17. The number of likely N-dealkylation sites (tertiary alicyclic amines) is 1. The van der Waals surface area contributed by atoms with E-state index in [0.717, 1.165) is 31.7 Å². The van der Waals surface area contributed by atoms with Crippen LogP contribution in [0.25, 0.3) is 0 Å². The summed E-state index contributed by atoms with van der Waals surface area (Å²) in [6.45, 7) is 5.17. The summed E-state index contributed by atoms with van der Waals surface area (Å²) in [5, 5.41) is 7.31. The molecular weight excluding hydrogens is 318 g/mol. The van der Waals surface area contributed by atoms with Crippen LogP contribution in [-0.2, 0) is 13.1 Å². The van der Waals surface area contributed by atoms with Crippen molar-refractivity contribution in [3.63, 3.8) is 0 Å². The highest BCUT2D eigenvalue weighted by Crippen LogP contribution is 2.19. The molecular formula is C18H27N5O2. The predicted molar refractivity (Wildman–Crippen MR) is 95.0 cm³/mol. The lowest BCUT2D eigenvalue weighted by atomic mass is 10.0. The molecule has 0 bridgehead atoms. The normalized spacial score (nSPS) is 17.4. The third-order valence-corrected chi connectivity index (χ3v) is 4.69. The number of nitrogens with zero attached hydrogens (tertiary/aromatic N) is 4. The number of furan rings is 1. The fraction of sp³-hybridized carbons (Fsp3) is 0.556. The van der Waals surface area contributed by atoms with Crippen LogP contribution in [0.1, 0.15) is 25.5 Å². The van der Waals surface area contributed by atoms with E-state index in [1.165, 1.54) is 0 Å². The van der Waals surface area contributed by atoms with Gasteiger partial charge in [0.2, 0.25) is 0 Å². The summed E-state index contributed by atoms with van der Waals surface area (Å²) in [5.41, 5.74) is 0. The Morgan fingerprint density at radius 3 is 2.88 bits per heavy atom. The summed E-state index contributed by atoms with van der Waals surface area (Å²) in [4.78, 5) is 17.1. The average Bonchev–Trinajstić information content (AvgIpc) is 3.27. The molecule has 1 N–H and O–H groups in total. The minimum Gasteiger partial charge on any atom is -0.467 e. The highest BCUT2D eigenvalue weighted by atomic mass is 16.3. The first kappa shape index (κ1) is 17.5. The van der Waals surface area contributed by atoms with Gasteiger partial charge in [-0.05, 0) is 58.1 Å². The number of carbonyl (C=O) groups is 1. The second kappa shape index (κ2) is 8.20. The minimum absolute atomic E-state index is 0.00207. The monoisotopic (exact) mass is 345 g/mol. The van der Waals surface area contributed by atoms with Gasteiger partial charge in [-0.1, -0.05) is 0 Å². The zero-order valence-corrected chi connectivity index (χ0v) is 15.0. The number of urea groups is 1. The highest BCUT2D eigenvalue weighted by Gasteiger charge is 2.28. The van der Waals surface area contributed by atoms with Crippen molar-refractivity contribution in [2.24, 2.45) is 0 Å². The number of carbonyl (C=O) groups excluding carboxylic acids is 1. The fourth-order valence-electron chi connectivity index (χ4n) is 3.27. The van der Waals surface area contributed by atoms with E-state index in [9.17, 15) is 4.79 Å². The second-order valence-electron chi connectivity index (χ2n) is 6.82. The van der Waals surface area contributed by atoms with E-state index >= 15 is 0 Å². The Balaban J connectivity index is 1.63. The van der Waals surface area contributed by atoms with Crippen molar-refractivity contribution in [2.75, 3.05) is 20.1 Å². The van der Waals surface area contributed by atoms with E-state index in [0.29, 0.717) is 13.1 Å². The SMILES string of the molecule is C[C@H](Cn1cccn1)NC(=O)N(Cc1ccco1)C1CCN(C)CC1. The van der Waals surface area contributed by atoms with Crippen molar-refractivity contribution >= 4 is 6.03 Å². The average molecular weight is 345 g/mol. The van der Waals surface area contributed by atoms with Crippen LogP contribution < -0.4 is 5.32 Å². The Morgan fingerprint density at radius 2 is 2.24 bits per heavy atom. The van der Waals surface area contributed by atoms with Crippen LogP contribution in [-0.4, -0.2) is 57.8 Å². The lowest BCUT2D eigenvalue weighted by Crippen LogP contribution is -2.52. The number of hydrogen-bond donors (Lipinski definition) is 1. The van der Waals surface area contributed by atoms with Crippen molar-refractivity contribution in [3.05, 3.63) is 42.6 Å². The van der Waals surface area contributed by atoms with Crippen molar-refractivity contribution in [1.29, 1.82) is 0 Å². The summed E-state index contributed by atoms with van der Waals surface area (Å²) in [5.74, 6) is 0.814. The van der Waals surface area contributed by atoms with E-state index in [4.69, 9.17) is 4.42 Å². The van der Waals surface area contributed by atoms with Gasteiger partial charge in [0.05, 0.1) is 19.4 Å². The summed E-state index contributed by atoms with van der Waals surface area (Å²) in [6.07, 6.45) is 7.27. The molecule has 2 aromatic heterocycles. The zero-order valence-electron chi connectivity index (χ0n) is 15.0. The highest BCUT2D eigenvalue weighted by molar-refractivity contribution is 5.74. The van der Waals surface area contributed by atoms with Gasteiger partial charge in [0.15, 0.2) is 0 Å². The van der Waals surface area contributed by atoms with Crippen LogP contribution in [0, 0.1) is 0 Å². The van der Waals surface area contributed by atoms with Crippen LogP contribution in [0.15, 0.2) is 41.3 Å². The molecule has 2 aromatic rings. The maximum atomic E-state index is 12.9. The summed E-state index contributed by atoms with van der Waals surface area (Å²) in [7, 11) is 2.12. The molecule has 25 heavy (non-hydrogen) atoms. The molecule has 1 aliphatic heterocycles. The molecule has 7 heteroatoms. The van der Waals surface area contributed by atoms with E-state index < -0.39 is 0 Å². The van der Waals surface area contributed by atoms with Crippen LogP contribution in [0.4, 0.5) is 4.79 Å². The number of amides is 2. The summed E-state index contributed by atoms with van der Waals surface area (Å²) in [6, 6.07) is 5.86. The Morgan fingerprint density at radius 1 is 1.44 bits per heavy atom. The van der Waals surface area contributed by atoms with Gasteiger partial charge in [0, 0.05) is 24.5 Å². The summed E-state index contributed by atoms with van der Waals surface area (Å²) < 4.78 is 7.30. The Bertz CT molecular complexity index is 632. The maximum absolute atomic E-state index is 12.9. The number of nitrogens with one attached hydrogen (secondary N) is 1. The summed E-state index contributed by atoms with van der Waals surface area (Å²) >= 11 is 0. The maximum Gasteiger partial charge on any atom is 0.318 e. The van der Waals surface area contributed by atoms with Crippen LogP contribution in [0.5, 0.6) is 0 Å². The first-order valence-electron chi connectivity index (χ1n) is 8.87. The van der Waals surface area contributed by atoms with Gasteiger partial charge in [0.1, 0.15) is 5.76 Å². The molecule has 0 aliphatic carbocycles. The molecule has 7 nitrogen and oxygen atoms in total. The minimum atomic E-state index is -0.0365. The molecule has 1 atom stereocenters. The van der Waals surface area contributed by atoms with E-state index in [1.807, 2.05) is 40.9 Å². The van der Waals surface area contributed by atoms with E-state index in [2.05, 4.69) is 22.4 Å². The lowest BCUT2D eigenvalue weighted by Gasteiger charge is -2.37. The molecule has 0 saturated carbocycles. The second-order valence-corrected chi connectivity index (χ2v) is 6.82. The first-order valence-corrected chi connectivity index (χ1v) is 8.87. The van der Waals surface area contributed by atoms with E-state index in [1.54, 1.807) is 12.5 Å². The van der Waals surface area contributed by atoms with Crippen molar-refractivity contribution < 1.29 is 9.21 Å². The fourth-order valence-corrected chi connectivity index (χ4v) is 3.27. The van der Waals surface area contributed by atoms with Gasteiger partial charge in [-0.25, -0.2) is 4.79 Å². The molecule has 0 spiro atoms. The molecule has 1 saturated heterocycles. The van der Waals surface area contributed by atoms with Gasteiger partial charge >= 0.3 is 6.03 Å².